The molecule has 1 aliphatic heterocycles. The van der Waals surface area contributed by atoms with Crippen molar-refractivity contribution in [1.82, 2.24) is 0 Å². The molecule has 0 bridgehead atoms. The van der Waals surface area contributed by atoms with Gasteiger partial charge in [-0.2, -0.15) is 0 Å². The molecule has 0 radical (unpaired) electrons. The van der Waals surface area contributed by atoms with E-state index >= 15 is 0 Å². The van der Waals surface area contributed by atoms with Crippen molar-refractivity contribution < 1.29 is 9.09 Å². The molecule has 1 aliphatic rings. The van der Waals surface area contributed by atoms with E-state index in [1.165, 1.54) is 0 Å². The minimum Gasteiger partial charge on any atom is -0.417 e. The second-order valence-electron chi connectivity index (χ2n) is 4.85. The average Bonchev–Trinajstić information content (AvgIpc) is 2.88. The van der Waals surface area contributed by atoms with Crippen molar-refractivity contribution in [2.45, 2.75) is 6.92 Å². The van der Waals surface area contributed by atoms with E-state index in [1.54, 1.807) is 24.3 Å². The van der Waals surface area contributed by atoms with Crippen molar-refractivity contribution in [1.29, 1.82) is 0 Å². The maximum atomic E-state index is 13.3. The van der Waals surface area contributed by atoms with Crippen LogP contribution < -0.4 is 5.30 Å². The fourth-order valence-electron chi connectivity index (χ4n) is 2.11. The van der Waals surface area contributed by atoms with Gasteiger partial charge in [0.15, 0.2) is 5.44 Å². The molecular weight excluding hydrogens is 340 g/mol. The lowest BCUT2D eigenvalue weighted by atomic mass is 10.1. The summed E-state index contributed by atoms with van der Waals surface area (Å²) in [5.74, 6) is 0.265. The van der Waals surface area contributed by atoms with Gasteiger partial charge in [-0.1, -0.05) is 59.1 Å². The van der Waals surface area contributed by atoms with Crippen LogP contribution >= 0.6 is 30.6 Å². The first kappa shape index (κ1) is 15.4. The summed E-state index contributed by atoms with van der Waals surface area (Å²) in [6, 6.07) is 16.4. The van der Waals surface area contributed by atoms with Crippen LogP contribution in [0.1, 0.15) is 11.1 Å². The van der Waals surface area contributed by atoms with Crippen LogP contribution in [0.5, 0.6) is 0 Å². The third kappa shape index (κ3) is 2.72. The highest BCUT2D eigenvalue weighted by molar-refractivity contribution is 7.72. The SMILES string of the molecule is Cc1ccc(C2=NC(=C(Cl)Cl)P(=O)(c3ccccc3)O2)cc1. The van der Waals surface area contributed by atoms with Crippen LogP contribution in [0, 0.1) is 6.92 Å². The predicted molar refractivity (Wildman–Crippen MR) is 91.2 cm³/mol. The molecule has 0 spiro atoms. The number of aryl methyl sites for hydroxylation is 1. The van der Waals surface area contributed by atoms with E-state index in [2.05, 4.69) is 4.99 Å². The lowest BCUT2D eigenvalue weighted by Gasteiger charge is -2.13. The molecule has 0 fully saturated rings. The van der Waals surface area contributed by atoms with Gasteiger partial charge in [-0.05, 0) is 31.2 Å². The maximum Gasteiger partial charge on any atom is 0.328 e. The predicted octanol–water partition coefficient (Wildman–Crippen LogP) is 4.98. The van der Waals surface area contributed by atoms with Gasteiger partial charge in [0.2, 0.25) is 5.90 Å². The summed E-state index contributed by atoms with van der Waals surface area (Å²) in [4.78, 5) is 4.26. The largest absolute Gasteiger partial charge is 0.417 e. The second-order valence-corrected chi connectivity index (χ2v) is 8.02. The number of hydrogen-bond donors (Lipinski definition) is 0. The Labute approximate surface area is 138 Å². The van der Waals surface area contributed by atoms with Crippen molar-refractivity contribution >= 4 is 41.8 Å². The molecule has 3 nitrogen and oxygen atoms in total. The quantitative estimate of drug-likeness (QED) is 0.715. The van der Waals surface area contributed by atoms with Gasteiger partial charge in [0.05, 0.1) is 5.30 Å². The molecule has 112 valence electrons. The lowest BCUT2D eigenvalue weighted by molar-refractivity contribution is 0.505. The van der Waals surface area contributed by atoms with Crippen LogP contribution in [0.25, 0.3) is 0 Å². The normalized spacial score (nSPS) is 20.5. The molecular formula is C16H12Cl2NO2P. The molecule has 1 unspecified atom stereocenters. The van der Waals surface area contributed by atoms with Crippen LogP contribution in [-0.4, -0.2) is 5.90 Å². The second kappa shape index (κ2) is 5.92. The molecule has 0 N–H and O–H groups in total. The van der Waals surface area contributed by atoms with E-state index < -0.39 is 7.37 Å². The highest BCUT2D eigenvalue weighted by Crippen LogP contribution is 2.61. The minimum atomic E-state index is -3.41. The van der Waals surface area contributed by atoms with Crippen molar-refractivity contribution in [2.24, 2.45) is 4.99 Å². The highest BCUT2D eigenvalue weighted by atomic mass is 35.5. The maximum absolute atomic E-state index is 13.3. The molecule has 2 aromatic rings. The summed E-state index contributed by atoms with van der Waals surface area (Å²) in [7, 11) is -3.41. The Balaban J connectivity index is 2.08. The topological polar surface area (TPSA) is 38.7 Å². The fraction of sp³-hybridized carbons (Fsp3) is 0.0625. The zero-order valence-corrected chi connectivity index (χ0v) is 14.1. The molecule has 1 atom stereocenters. The van der Waals surface area contributed by atoms with E-state index in [0.717, 1.165) is 11.1 Å². The van der Waals surface area contributed by atoms with Gasteiger partial charge in [-0.15, -0.1) is 0 Å². The van der Waals surface area contributed by atoms with E-state index in [4.69, 9.17) is 27.7 Å². The monoisotopic (exact) mass is 351 g/mol. The zero-order chi connectivity index (χ0) is 15.7. The first-order chi connectivity index (χ1) is 10.5. The van der Waals surface area contributed by atoms with Gasteiger partial charge >= 0.3 is 7.37 Å². The molecule has 0 saturated heterocycles. The molecule has 2 aromatic carbocycles. The summed E-state index contributed by atoms with van der Waals surface area (Å²) in [5.41, 5.74) is 1.92. The Kier molecular flexibility index (Phi) is 4.14. The first-order valence-electron chi connectivity index (χ1n) is 6.57. The molecule has 3 rings (SSSR count). The standard InChI is InChI=1S/C16H12Cl2NO2P/c1-11-7-9-12(10-8-11)15-19-16(14(17)18)22(20,21-15)13-5-3-2-4-6-13/h2-10H,1H3. The third-order valence-corrected chi connectivity index (χ3v) is 6.18. The molecule has 0 saturated carbocycles. The van der Waals surface area contributed by atoms with E-state index in [9.17, 15) is 4.57 Å². The number of rotatable bonds is 2. The van der Waals surface area contributed by atoms with Crippen molar-refractivity contribution in [3.05, 3.63) is 75.7 Å². The van der Waals surface area contributed by atoms with Crippen LogP contribution in [0.3, 0.4) is 0 Å². The number of nitrogens with zero attached hydrogens (tertiary/aromatic N) is 1. The van der Waals surface area contributed by atoms with Crippen molar-refractivity contribution in [2.75, 3.05) is 0 Å². The summed E-state index contributed by atoms with van der Waals surface area (Å²) in [5, 5.41) is 0.509. The lowest BCUT2D eigenvalue weighted by Crippen LogP contribution is -2.07. The molecule has 22 heavy (non-hydrogen) atoms. The fourth-order valence-corrected chi connectivity index (χ4v) is 4.70. The van der Waals surface area contributed by atoms with Crippen LogP contribution in [0.2, 0.25) is 0 Å². The highest BCUT2D eigenvalue weighted by Gasteiger charge is 2.41. The van der Waals surface area contributed by atoms with Crippen molar-refractivity contribution in [3.63, 3.8) is 0 Å². The Hall–Kier alpha value is -1.54. The van der Waals surface area contributed by atoms with Gasteiger partial charge in [0.1, 0.15) is 4.49 Å². The summed E-state index contributed by atoms with van der Waals surface area (Å²) >= 11 is 11.8. The third-order valence-electron chi connectivity index (χ3n) is 3.26. The van der Waals surface area contributed by atoms with Crippen LogP contribution in [-0.2, 0) is 9.09 Å². The van der Waals surface area contributed by atoms with Crippen molar-refractivity contribution in [3.8, 4) is 0 Å². The summed E-state index contributed by atoms with van der Waals surface area (Å²) in [6.07, 6.45) is 0. The Morgan fingerprint density at radius 2 is 1.68 bits per heavy atom. The van der Waals surface area contributed by atoms with E-state index in [-0.39, 0.29) is 15.8 Å². The Morgan fingerprint density at radius 1 is 1.05 bits per heavy atom. The molecule has 6 heteroatoms. The van der Waals surface area contributed by atoms with E-state index in [0.29, 0.717) is 5.30 Å². The van der Waals surface area contributed by atoms with Gasteiger partial charge < -0.3 is 4.52 Å². The minimum absolute atomic E-state index is 0.0811. The van der Waals surface area contributed by atoms with Crippen LogP contribution in [0.15, 0.2) is 69.5 Å². The average molecular weight is 352 g/mol. The first-order valence-corrected chi connectivity index (χ1v) is 8.95. The smallest absolute Gasteiger partial charge is 0.328 e. The Morgan fingerprint density at radius 3 is 2.27 bits per heavy atom. The van der Waals surface area contributed by atoms with Gasteiger partial charge in [-0.25, -0.2) is 4.99 Å². The summed E-state index contributed by atoms with van der Waals surface area (Å²) < 4.78 is 18.8. The molecule has 0 aliphatic carbocycles. The van der Waals surface area contributed by atoms with Gasteiger partial charge in [-0.3, -0.25) is 4.57 Å². The van der Waals surface area contributed by atoms with E-state index in [1.807, 2.05) is 37.3 Å². The Bertz CT molecular complexity index is 810. The number of benzene rings is 2. The molecule has 0 aromatic heterocycles. The number of aliphatic imine (C=N–C) groups is 1. The number of hydrogen-bond acceptors (Lipinski definition) is 3. The summed E-state index contributed by atoms with van der Waals surface area (Å²) in [6.45, 7) is 1.98. The number of halogens is 2. The molecule has 1 heterocycles. The van der Waals surface area contributed by atoms with Gasteiger partial charge in [0, 0.05) is 5.56 Å². The van der Waals surface area contributed by atoms with Gasteiger partial charge in [0.25, 0.3) is 0 Å². The van der Waals surface area contributed by atoms with Crippen LogP contribution in [0.4, 0.5) is 0 Å². The molecule has 0 amide bonds. The zero-order valence-electron chi connectivity index (χ0n) is 11.7.